The van der Waals surface area contributed by atoms with Crippen LogP contribution in [0.4, 0.5) is 0 Å². The molecule has 7 nitrogen and oxygen atoms in total. The van der Waals surface area contributed by atoms with Gasteiger partial charge in [0.05, 0.1) is 6.54 Å². The number of amides is 2. The summed E-state index contributed by atoms with van der Waals surface area (Å²) in [6.45, 7) is 6.95. The fourth-order valence-corrected chi connectivity index (χ4v) is 2.28. The van der Waals surface area contributed by atoms with E-state index in [0.29, 0.717) is 19.7 Å². The molecule has 2 aromatic rings. The average Bonchev–Trinajstić information content (AvgIpc) is 3.20. The van der Waals surface area contributed by atoms with Crippen molar-refractivity contribution in [3.05, 3.63) is 53.9 Å². The van der Waals surface area contributed by atoms with Crippen molar-refractivity contribution in [1.29, 1.82) is 0 Å². The van der Waals surface area contributed by atoms with Crippen LogP contribution >= 0.6 is 0 Å². The number of para-hydroxylation sites is 2. The zero-order chi connectivity index (χ0) is 20.8. The lowest BCUT2D eigenvalue weighted by Gasteiger charge is -2.11. The first-order valence-corrected chi connectivity index (χ1v) is 9.27. The Morgan fingerprint density at radius 1 is 1.18 bits per heavy atom. The summed E-state index contributed by atoms with van der Waals surface area (Å²) in [6.07, 6.45) is 3.12. The third kappa shape index (κ3) is 8.07. The number of hydrogen-bond donors (Lipinski definition) is 1. The van der Waals surface area contributed by atoms with E-state index < -0.39 is 0 Å². The summed E-state index contributed by atoms with van der Waals surface area (Å²) in [5.74, 6) is 1.54. The molecular formula is C21H29N3O4. The number of aryl methyl sites for hydroxylation is 1. The summed E-state index contributed by atoms with van der Waals surface area (Å²) in [7, 11) is 1.57. The van der Waals surface area contributed by atoms with Gasteiger partial charge in [-0.1, -0.05) is 32.0 Å². The van der Waals surface area contributed by atoms with Crippen LogP contribution in [-0.4, -0.2) is 49.1 Å². The van der Waals surface area contributed by atoms with Crippen molar-refractivity contribution in [2.75, 3.05) is 26.9 Å². The maximum atomic E-state index is 11.4. The summed E-state index contributed by atoms with van der Waals surface area (Å²) >= 11 is 0. The zero-order valence-corrected chi connectivity index (χ0v) is 17.0. The highest BCUT2D eigenvalue weighted by Crippen LogP contribution is 2.30. The predicted octanol–water partition coefficient (Wildman–Crippen LogP) is 2.58. The Kier molecular flexibility index (Phi) is 10.8. The van der Waals surface area contributed by atoms with Crippen LogP contribution in [0.2, 0.25) is 0 Å². The third-order valence-electron chi connectivity index (χ3n) is 3.68. The number of nitrogens with one attached hydrogen (secondary N) is 1. The lowest BCUT2D eigenvalue weighted by Crippen LogP contribution is -2.35. The normalized spacial score (nSPS) is 10.6. The van der Waals surface area contributed by atoms with Crippen LogP contribution in [0.3, 0.4) is 0 Å². The Hall–Kier alpha value is -3.09. The number of carbonyl (C=O) groups excluding carboxylic acids is 2. The third-order valence-corrected chi connectivity index (χ3v) is 3.68. The van der Waals surface area contributed by atoms with Crippen LogP contribution in [0.25, 0.3) is 0 Å². The van der Waals surface area contributed by atoms with Gasteiger partial charge in [-0.25, -0.2) is 0 Å². The maximum Gasteiger partial charge on any atom is 0.239 e. The van der Waals surface area contributed by atoms with Crippen molar-refractivity contribution in [2.45, 2.75) is 27.2 Å². The summed E-state index contributed by atoms with van der Waals surface area (Å²) in [6, 6.07) is 11.5. The fraction of sp³-hybridized carbons (Fsp3) is 0.381. The van der Waals surface area contributed by atoms with Crippen molar-refractivity contribution >= 4 is 12.3 Å². The van der Waals surface area contributed by atoms with Gasteiger partial charge in [-0.3, -0.25) is 14.6 Å². The first kappa shape index (κ1) is 23.0. The van der Waals surface area contributed by atoms with Crippen LogP contribution < -0.4 is 14.8 Å². The highest BCUT2D eigenvalue weighted by molar-refractivity contribution is 5.79. The SMILES string of the molecule is CC.Cc1ncccc1CCNC(=O)CN(C)C=O.c1ccc2c(c1)OCO2. The molecule has 28 heavy (non-hydrogen) atoms. The van der Waals surface area contributed by atoms with E-state index in [0.717, 1.165) is 29.2 Å². The first-order valence-electron chi connectivity index (χ1n) is 9.27. The topological polar surface area (TPSA) is 80.8 Å². The largest absolute Gasteiger partial charge is 0.454 e. The molecule has 0 spiro atoms. The summed E-state index contributed by atoms with van der Waals surface area (Å²) < 4.78 is 10.2. The van der Waals surface area contributed by atoms with Gasteiger partial charge in [0.2, 0.25) is 19.1 Å². The number of benzene rings is 1. The molecule has 152 valence electrons. The highest BCUT2D eigenvalue weighted by atomic mass is 16.7. The Morgan fingerprint density at radius 3 is 2.39 bits per heavy atom. The summed E-state index contributed by atoms with van der Waals surface area (Å²) in [4.78, 5) is 27.1. The fourth-order valence-electron chi connectivity index (χ4n) is 2.28. The van der Waals surface area contributed by atoms with Gasteiger partial charge in [-0.15, -0.1) is 0 Å². The van der Waals surface area contributed by atoms with E-state index in [2.05, 4.69) is 10.3 Å². The number of rotatable bonds is 6. The number of fused-ring (bicyclic) bond motifs is 1. The molecule has 3 rings (SSSR count). The van der Waals surface area contributed by atoms with E-state index in [-0.39, 0.29) is 12.5 Å². The molecule has 7 heteroatoms. The number of nitrogens with zero attached hydrogens (tertiary/aromatic N) is 2. The Bertz CT molecular complexity index is 714. The monoisotopic (exact) mass is 387 g/mol. The van der Waals surface area contributed by atoms with Crippen molar-refractivity contribution in [1.82, 2.24) is 15.2 Å². The predicted molar refractivity (Wildman–Crippen MR) is 108 cm³/mol. The van der Waals surface area contributed by atoms with E-state index in [1.54, 1.807) is 13.2 Å². The van der Waals surface area contributed by atoms with Crippen molar-refractivity contribution < 1.29 is 19.1 Å². The summed E-state index contributed by atoms with van der Waals surface area (Å²) in [5, 5.41) is 2.76. The van der Waals surface area contributed by atoms with Gasteiger partial charge in [0.1, 0.15) is 0 Å². The molecule has 1 aromatic carbocycles. The number of ether oxygens (including phenoxy) is 2. The molecule has 1 aliphatic rings. The van der Waals surface area contributed by atoms with Crippen molar-refractivity contribution in [3.8, 4) is 11.5 Å². The minimum atomic E-state index is -0.152. The highest BCUT2D eigenvalue weighted by Gasteiger charge is 2.09. The molecule has 0 saturated heterocycles. The molecule has 0 aliphatic carbocycles. The van der Waals surface area contributed by atoms with Gasteiger partial charge in [0.25, 0.3) is 0 Å². The standard InChI is InChI=1S/C12H17N3O2.C7H6O2.C2H6/c1-10-11(4-3-6-13-10)5-7-14-12(17)8-15(2)9-16;1-2-4-7-6(3-1)8-5-9-7;1-2/h3-4,6,9H,5,7-8H2,1-2H3,(H,14,17);1-4H,5H2;1-2H3. The van der Waals surface area contributed by atoms with Gasteiger partial charge in [0.15, 0.2) is 11.5 Å². The lowest BCUT2D eigenvalue weighted by molar-refractivity contribution is -0.127. The van der Waals surface area contributed by atoms with E-state index in [9.17, 15) is 9.59 Å². The molecule has 0 bridgehead atoms. The van der Waals surface area contributed by atoms with Crippen LogP contribution in [0.1, 0.15) is 25.1 Å². The number of carbonyl (C=O) groups is 2. The number of hydrogen-bond acceptors (Lipinski definition) is 5. The minimum Gasteiger partial charge on any atom is -0.454 e. The average molecular weight is 387 g/mol. The maximum absolute atomic E-state index is 11.4. The van der Waals surface area contributed by atoms with Crippen LogP contribution in [0.5, 0.6) is 11.5 Å². The number of pyridine rings is 1. The van der Waals surface area contributed by atoms with Gasteiger partial charge < -0.3 is 19.7 Å². The van der Waals surface area contributed by atoms with Gasteiger partial charge in [0, 0.05) is 25.5 Å². The molecule has 1 aromatic heterocycles. The van der Waals surface area contributed by atoms with E-state index in [1.165, 1.54) is 4.90 Å². The first-order chi connectivity index (χ1) is 13.6. The Labute approximate surface area is 166 Å². The van der Waals surface area contributed by atoms with Crippen LogP contribution in [0.15, 0.2) is 42.6 Å². The van der Waals surface area contributed by atoms with Crippen molar-refractivity contribution in [3.63, 3.8) is 0 Å². The van der Waals surface area contributed by atoms with Crippen LogP contribution in [-0.2, 0) is 16.0 Å². The zero-order valence-electron chi connectivity index (χ0n) is 17.0. The second-order valence-corrected chi connectivity index (χ2v) is 5.72. The molecule has 2 heterocycles. The molecule has 0 unspecified atom stereocenters. The van der Waals surface area contributed by atoms with Crippen molar-refractivity contribution in [2.24, 2.45) is 0 Å². The van der Waals surface area contributed by atoms with E-state index in [4.69, 9.17) is 9.47 Å². The quantitative estimate of drug-likeness (QED) is 0.771. The molecule has 0 fully saturated rings. The minimum absolute atomic E-state index is 0.0928. The molecule has 1 aliphatic heterocycles. The number of likely N-dealkylation sites (N-methyl/N-ethyl adjacent to an activating group) is 1. The van der Waals surface area contributed by atoms with E-state index >= 15 is 0 Å². The summed E-state index contributed by atoms with van der Waals surface area (Å²) in [5.41, 5.74) is 2.10. The second kappa shape index (κ2) is 13.1. The molecule has 0 radical (unpaired) electrons. The smallest absolute Gasteiger partial charge is 0.239 e. The van der Waals surface area contributed by atoms with E-state index in [1.807, 2.05) is 57.2 Å². The molecule has 2 amide bonds. The molecule has 0 atom stereocenters. The van der Waals surface area contributed by atoms with Gasteiger partial charge >= 0.3 is 0 Å². The Morgan fingerprint density at radius 2 is 1.82 bits per heavy atom. The Balaban J connectivity index is 0.000000295. The van der Waals surface area contributed by atoms with Gasteiger partial charge in [-0.05, 0) is 37.1 Å². The number of aromatic nitrogens is 1. The molecule has 0 saturated carbocycles. The van der Waals surface area contributed by atoms with Gasteiger partial charge in [-0.2, -0.15) is 0 Å². The molecule has 1 N–H and O–H groups in total. The lowest BCUT2D eigenvalue weighted by atomic mass is 10.1. The molecular weight excluding hydrogens is 358 g/mol. The van der Waals surface area contributed by atoms with Crippen LogP contribution in [0, 0.1) is 6.92 Å². The second-order valence-electron chi connectivity index (χ2n) is 5.72.